The maximum atomic E-state index is 11.5. The van der Waals surface area contributed by atoms with Crippen LogP contribution >= 0.6 is 0 Å². The number of esters is 1. The van der Waals surface area contributed by atoms with Crippen LogP contribution in [0, 0.1) is 13.8 Å². The molecule has 1 aromatic heterocycles. The zero-order valence-electron chi connectivity index (χ0n) is 16.4. The van der Waals surface area contributed by atoms with Gasteiger partial charge in [-0.1, -0.05) is 12.1 Å². The predicted octanol–water partition coefficient (Wildman–Crippen LogP) is 3.94. The minimum absolute atomic E-state index is 0.286. The third-order valence-corrected chi connectivity index (χ3v) is 5.00. The Balaban J connectivity index is 1.86. The van der Waals surface area contributed by atoms with Crippen LogP contribution in [0.1, 0.15) is 34.1 Å². The summed E-state index contributed by atoms with van der Waals surface area (Å²) in [7, 11) is 1.33. The Morgan fingerprint density at radius 1 is 1.11 bits per heavy atom. The molecule has 0 saturated heterocycles. The van der Waals surface area contributed by atoms with Crippen molar-refractivity contribution in [3.05, 3.63) is 64.8 Å². The van der Waals surface area contributed by atoms with E-state index in [4.69, 9.17) is 4.74 Å². The molecule has 0 amide bonds. The molecule has 2 aromatic carbocycles. The number of fused-ring (bicyclic) bond motifs is 1. The van der Waals surface area contributed by atoms with E-state index >= 15 is 0 Å². The molecule has 3 aromatic rings. The van der Waals surface area contributed by atoms with Crippen LogP contribution in [0.2, 0.25) is 0 Å². The molecule has 1 heterocycles. The Morgan fingerprint density at radius 2 is 1.79 bits per heavy atom. The first-order chi connectivity index (χ1) is 13.3. The highest BCUT2D eigenvalue weighted by Gasteiger charge is 2.16. The van der Waals surface area contributed by atoms with E-state index in [0.717, 1.165) is 27.7 Å². The number of benzene rings is 2. The van der Waals surface area contributed by atoms with Gasteiger partial charge >= 0.3 is 11.9 Å². The van der Waals surface area contributed by atoms with Crippen molar-refractivity contribution in [3.63, 3.8) is 0 Å². The van der Waals surface area contributed by atoms with Gasteiger partial charge in [0.2, 0.25) is 0 Å². The minimum atomic E-state index is -0.927. The minimum Gasteiger partial charge on any atom is -0.479 e. The van der Waals surface area contributed by atoms with Crippen molar-refractivity contribution in [2.24, 2.45) is 0 Å². The van der Waals surface area contributed by atoms with Crippen LogP contribution in [0.15, 0.2) is 42.5 Å². The fraction of sp³-hybridized carbons (Fsp3) is 0.273. The molecule has 1 unspecified atom stereocenters. The monoisotopic (exact) mass is 381 g/mol. The zero-order valence-corrected chi connectivity index (χ0v) is 16.4. The van der Waals surface area contributed by atoms with Gasteiger partial charge in [-0.15, -0.1) is 0 Å². The molecule has 6 heteroatoms. The molecule has 1 atom stereocenters. The van der Waals surface area contributed by atoms with E-state index in [-0.39, 0.29) is 5.56 Å². The summed E-state index contributed by atoms with van der Waals surface area (Å²) in [4.78, 5) is 22.7. The quantitative estimate of drug-likeness (QED) is 0.654. The van der Waals surface area contributed by atoms with Gasteiger partial charge in [0, 0.05) is 23.1 Å². The molecule has 3 rings (SSSR count). The average Bonchev–Trinajstić information content (AvgIpc) is 2.93. The number of ether oxygens (including phenoxy) is 2. The summed E-state index contributed by atoms with van der Waals surface area (Å²) in [5.41, 5.74) is 4.52. The number of methoxy groups -OCH3 is 1. The second-order valence-electron chi connectivity index (χ2n) is 6.76. The molecule has 28 heavy (non-hydrogen) atoms. The third kappa shape index (κ3) is 3.71. The summed E-state index contributed by atoms with van der Waals surface area (Å²) in [6.07, 6.45) is -0.669. The maximum Gasteiger partial charge on any atom is 0.346 e. The van der Waals surface area contributed by atoms with Crippen molar-refractivity contribution < 1.29 is 24.2 Å². The summed E-state index contributed by atoms with van der Waals surface area (Å²) in [5.74, 6) is -0.754. The van der Waals surface area contributed by atoms with Gasteiger partial charge in [0.25, 0.3) is 0 Å². The molecule has 0 aliphatic rings. The Bertz CT molecular complexity index is 1030. The normalized spacial score (nSPS) is 12.0. The fourth-order valence-corrected chi connectivity index (χ4v) is 3.26. The maximum absolute atomic E-state index is 11.5. The van der Waals surface area contributed by atoms with Crippen LogP contribution in [0.25, 0.3) is 10.9 Å². The number of aryl methyl sites for hydroxylation is 1. The Morgan fingerprint density at radius 3 is 2.39 bits per heavy atom. The van der Waals surface area contributed by atoms with Crippen LogP contribution in [0.3, 0.4) is 0 Å². The molecule has 0 radical (unpaired) electrons. The summed E-state index contributed by atoms with van der Waals surface area (Å²) >= 11 is 0. The lowest BCUT2D eigenvalue weighted by molar-refractivity contribution is -0.147. The summed E-state index contributed by atoms with van der Waals surface area (Å²) in [6, 6.07) is 12.8. The Hall–Kier alpha value is -3.28. The van der Waals surface area contributed by atoms with Gasteiger partial charge in [-0.05, 0) is 62.2 Å². The standard InChI is InChI=1S/C22H23NO5/c1-13-14(2)23(20-10-7-17(21(24)25)11-19(13)20)12-16-5-8-18(9-6-16)28-15(3)22(26)27-4/h5-11,15H,12H2,1-4H3,(H,24,25). The molecular weight excluding hydrogens is 358 g/mol. The number of aromatic carboxylic acids is 1. The summed E-state index contributed by atoms with van der Waals surface area (Å²) < 4.78 is 12.4. The van der Waals surface area contributed by atoms with E-state index in [0.29, 0.717) is 12.3 Å². The van der Waals surface area contributed by atoms with Gasteiger partial charge in [-0.2, -0.15) is 0 Å². The van der Waals surface area contributed by atoms with Gasteiger partial charge in [0.05, 0.1) is 12.7 Å². The predicted molar refractivity (Wildman–Crippen MR) is 106 cm³/mol. The number of aromatic nitrogens is 1. The molecule has 0 fully saturated rings. The third-order valence-electron chi connectivity index (χ3n) is 5.00. The van der Waals surface area contributed by atoms with Gasteiger partial charge in [-0.25, -0.2) is 9.59 Å². The van der Waals surface area contributed by atoms with Crippen LogP contribution in [-0.2, 0) is 16.1 Å². The van der Waals surface area contributed by atoms with E-state index in [1.807, 2.05) is 44.2 Å². The second-order valence-corrected chi connectivity index (χ2v) is 6.76. The summed E-state index contributed by atoms with van der Waals surface area (Å²) in [5, 5.41) is 10.2. The molecule has 6 nitrogen and oxygen atoms in total. The topological polar surface area (TPSA) is 77.8 Å². The SMILES string of the molecule is COC(=O)C(C)Oc1ccc(Cn2c(C)c(C)c3cc(C(=O)O)ccc32)cc1. The number of rotatable bonds is 6. The summed E-state index contributed by atoms with van der Waals surface area (Å²) in [6.45, 7) is 6.33. The number of carbonyl (C=O) groups excluding carboxylic acids is 1. The first-order valence-electron chi connectivity index (χ1n) is 8.98. The highest BCUT2D eigenvalue weighted by Crippen LogP contribution is 2.27. The van der Waals surface area contributed by atoms with Crippen LogP contribution in [0.4, 0.5) is 0 Å². The van der Waals surface area contributed by atoms with Crippen LogP contribution in [-0.4, -0.2) is 34.8 Å². The molecule has 1 N–H and O–H groups in total. The fourth-order valence-electron chi connectivity index (χ4n) is 3.26. The first-order valence-corrected chi connectivity index (χ1v) is 8.98. The molecule has 0 aliphatic carbocycles. The lowest BCUT2D eigenvalue weighted by Crippen LogP contribution is -2.24. The van der Waals surface area contributed by atoms with Gasteiger partial charge < -0.3 is 19.1 Å². The van der Waals surface area contributed by atoms with E-state index in [2.05, 4.69) is 9.30 Å². The lowest BCUT2D eigenvalue weighted by Gasteiger charge is -2.13. The number of nitrogens with zero attached hydrogens (tertiary/aromatic N) is 1. The Labute approximate surface area is 163 Å². The van der Waals surface area contributed by atoms with E-state index in [1.54, 1.807) is 19.1 Å². The van der Waals surface area contributed by atoms with Crippen molar-refractivity contribution in [3.8, 4) is 5.75 Å². The number of hydrogen-bond donors (Lipinski definition) is 1. The number of carboxylic acid groups (broad SMARTS) is 1. The van der Waals surface area contributed by atoms with E-state index in [9.17, 15) is 14.7 Å². The van der Waals surface area contributed by atoms with Gasteiger partial charge in [-0.3, -0.25) is 0 Å². The van der Waals surface area contributed by atoms with Crippen LogP contribution < -0.4 is 4.74 Å². The van der Waals surface area contributed by atoms with Gasteiger partial charge in [0.15, 0.2) is 6.10 Å². The van der Waals surface area contributed by atoms with E-state index < -0.39 is 18.0 Å². The van der Waals surface area contributed by atoms with Crippen LogP contribution in [0.5, 0.6) is 5.75 Å². The first kappa shape index (κ1) is 19.5. The molecular formula is C22H23NO5. The lowest BCUT2D eigenvalue weighted by atomic mass is 10.1. The highest BCUT2D eigenvalue weighted by molar-refractivity contribution is 5.95. The van der Waals surface area contributed by atoms with Crippen molar-refractivity contribution >= 4 is 22.8 Å². The largest absolute Gasteiger partial charge is 0.479 e. The number of hydrogen-bond acceptors (Lipinski definition) is 4. The zero-order chi connectivity index (χ0) is 20.4. The smallest absolute Gasteiger partial charge is 0.346 e. The molecule has 0 bridgehead atoms. The van der Waals surface area contributed by atoms with Gasteiger partial charge in [0.1, 0.15) is 5.75 Å². The van der Waals surface area contributed by atoms with Crippen molar-refractivity contribution in [1.29, 1.82) is 0 Å². The molecule has 146 valence electrons. The Kier molecular flexibility index (Phi) is 5.40. The number of carbonyl (C=O) groups is 2. The molecule has 0 saturated carbocycles. The van der Waals surface area contributed by atoms with Crippen molar-refractivity contribution in [2.45, 2.75) is 33.4 Å². The second kappa shape index (κ2) is 7.76. The molecule has 0 aliphatic heterocycles. The number of carboxylic acids is 1. The van der Waals surface area contributed by atoms with E-state index in [1.165, 1.54) is 7.11 Å². The van der Waals surface area contributed by atoms with Crippen molar-refractivity contribution in [2.75, 3.05) is 7.11 Å². The molecule has 0 spiro atoms. The average molecular weight is 381 g/mol. The highest BCUT2D eigenvalue weighted by atomic mass is 16.6. The van der Waals surface area contributed by atoms with Crippen molar-refractivity contribution in [1.82, 2.24) is 4.57 Å².